The van der Waals surface area contributed by atoms with Crippen LogP contribution in [0.4, 0.5) is 0 Å². The van der Waals surface area contributed by atoms with Gasteiger partial charge in [0.15, 0.2) is 11.5 Å². The summed E-state index contributed by atoms with van der Waals surface area (Å²) >= 11 is 0. The van der Waals surface area contributed by atoms with E-state index in [0.717, 1.165) is 17.3 Å². The number of para-hydroxylation sites is 1. The minimum atomic E-state index is -0.196. The first-order valence-corrected chi connectivity index (χ1v) is 9.12. The molecule has 2 aromatic heterocycles. The Morgan fingerprint density at radius 1 is 1.08 bits per heavy atom. The Hall–Kier alpha value is -2.96. The van der Waals surface area contributed by atoms with Crippen LogP contribution in [0.25, 0.3) is 5.69 Å². The molecule has 2 aliphatic carbocycles. The first-order chi connectivity index (χ1) is 12.8. The van der Waals surface area contributed by atoms with E-state index in [4.69, 9.17) is 0 Å². The number of hydrogen-bond acceptors (Lipinski definition) is 4. The van der Waals surface area contributed by atoms with Gasteiger partial charge >= 0.3 is 0 Å². The van der Waals surface area contributed by atoms with Crippen molar-refractivity contribution in [3.63, 3.8) is 0 Å². The fourth-order valence-corrected chi connectivity index (χ4v) is 3.23. The molecule has 1 amide bonds. The third-order valence-corrected chi connectivity index (χ3v) is 4.90. The first kappa shape index (κ1) is 15.3. The molecule has 1 N–H and O–H groups in total. The van der Waals surface area contributed by atoms with E-state index in [2.05, 4.69) is 25.2 Å². The van der Waals surface area contributed by atoms with E-state index in [1.165, 1.54) is 25.7 Å². The summed E-state index contributed by atoms with van der Waals surface area (Å²) < 4.78 is 3.95. The predicted molar refractivity (Wildman–Crippen MR) is 95.0 cm³/mol. The van der Waals surface area contributed by atoms with Gasteiger partial charge in [-0.05, 0) is 43.9 Å². The zero-order valence-corrected chi connectivity index (χ0v) is 14.4. The fourth-order valence-electron chi connectivity index (χ4n) is 3.23. The van der Waals surface area contributed by atoms with Crippen LogP contribution >= 0.6 is 0 Å². The molecular weight excluding hydrogens is 328 g/mol. The van der Waals surface area contributed by atoms with Gasteiger partial charge in [0, 0.05) is 18.2 Å². The van der Waals surface area contributed by atoms with Crippen molar-refractivity contribution in [3.05, 3.63) is 59.9 Å². The number of benzene rings is 1. The second-order valence-electron chi connectivity index (χ2n) is 7.01. The van der Waals surface area contributed by atoms with Gasteiger partial charge in [-0.15, -0.1) is 10.2 Å². The van der Waals surface area contributed by atoms with Crippen molar-refractivity contribution in [2.75, 3.05) is 0 Å². The lowest BCUT2D eigenvalue weighted by Gasteiger charge is -2.09. The summed E-state index contributed by atoms with van der Waals surface area (Å²) in [6, 6.07) is 12.0. The Labute approximate surface area is 151 Å². The third kappa shape index (κ3) is 2.89. The molecule has 0 radical (unpaired) electrons. The van der Waals surface area contributed by atoms with Crippen molar-refractivity contribution in [3.8, 4) is 5.69 Å². The summed E-state index contributed by atoms with van der Waals surface area (Å²) in [5.41, 5.74) is 1.32. The Bertz CT molecular complexity index is 936. The number of nitrogens with zero attached hydrogens (tertiary/aromatic N) is 5. The second kappa shape index (κ2) is 6.09. The lowest BCUT2D eigenvalue weighted by Crippen LogP contribution is -2.25. The summed E-state index contributed by atoms with van der Waals surface area (Å²) in [6.07, 6.45) is 6.56. The summed E-state index contributed by atoms with van der Waals surface area (Å²) in [7, 11) is 0. The van der Waals surface area contributed by atoms with Crippen LogP contribution in [0.3, 0.4) is 0 Å². The van der Waals surface area contributed by atoms with E-state index in [1.54, 1.807) is 16.9 Å². The van der Waals surface area contributed by atoms with Crippen LogP contribution in [0.1, 0.15) is 59.8 Å². The number of carbonyl (C=O) groups excluding carboxylic acids is 1. The normalized spacial score (nSPS) is 16.6. The van der Waals surface area contributed by atoms with Crippen LogP contribution in [-0.2, 0) is 6.54 Å². The highest BCUT2D eigenvalue weighted by Crippen LogP contribution is 2.44. The van der Waals surface area contributed by atoms with Crippen molar-refractivity contribution < 1.29 is 4.79 Å². The van der Waals surface area contributed by atoms with Gasteiger partial charge in [-0.25, -0.2) is 4.68 Å². The Morgan fingerprint density at radius 2 is 1.88 bits per heavy atom. The van der Waals surface area contributed by atoms with Crippen molar-refractivity contribution >= 4 is 5.91 Å². The van der Waals surface area contributed by atoms with Crippen LogP contribution in [0, 0.1) is 0 Å². The van der Waals surface area contributed by atoms with Crippen molar-refractivity contribution in [1.29, 1.82) is 0 Å². The molecule has 0 spiro atoms. The summed E-state index contributed by atoms with van der Waals surface area (Å²) in [5, 5.41) is 16.0. The van der Waals surface area contributed by atoms with Crippen LogP contribution < -0.4 is 5.32 Å². The van der Waals surface area contributed by atoms with Crippen molar-refractivity contribution in [2.24, 2.45) is 0 Å². The third-order valence-electron chi connectivity index (χ3n) is 4.90. The molecule has 26 heavy (non-hydrogen) atoms. The number of amides is 1. The Balaban J connectivity index is 1.29. The first-order valence-electron chi connectivity index (χ1n) is 9.12. The highest BCUT2D eigenvalue weighted by Gasteiger charge is 2.36. The van der Waals surface area contributed by atoms with E-state index in [0.29, 0.717) is 24.2 Å². The fraction of sp³-hybridized carbons (Fsp3) is 0.368. The van der Waals surface area contributed by atoms with E-state index in [9.17, 15) is 4.79 Å². The molecule has 0 atom stereocenters. The summed E-state index contributed by atoms with van der Waals surface area (Å²) in [4.78, 5) is 12.5. The number of carbonyl (C=O) groups is 1. The van der Waals surface area contributed by atoms with E-state index < -0.39 is 0 Å². The van der Waals surface area contributed by atoms with E-state index in [1.807, 2.05) is 30.3 Å². The maximum atomic E-state index is 12.5. The molecule has 0 aliphatic heterocycles. The van der Waals surface area contributed by atoms with Crippen LogP contribution in [0.5, 0.6) is 0 Å². The SMILES string of the molecule is O=C(NCc1nnc(C2CC2)n1C1CC1)c1ccn(-c2ccccc2)n1. The number of hydrogen-bond donors (Lipinski definition) is 1. The number of nitrogens with one attached hydrogen (secondary N) is 1. The van der Waals surface area contributed by atoms with Crippen molar-refractivity contribution in [1.82, 2.24) is 29.9 Å². The molecule has 2 saturated carbocycles. The largest absolute Gasteiger partial charge is 0.343 e. The molecule has 3 aromatic rings. The van der Waals surface area contributed by atoms with E-state index in [-0.39, 0.29) is 5.91 Å². The van der Waals surface area contributed by atoms with Gasteiger partial charge in [0.05, 0.1) is 12.2 Å². The molecule has 0 unspecified atom stereocenters. The van der Waals surface area contributed by atoms with Crippen LogP contribution in [0.2, 0.25) is 0 Å². The lowest BCUT2D eigenvalue weighted by atomic mass is 10.3. The number of aromatic nitrogens is 5. The molecule has 2 fully saturated rings. The van der Waals surface area contributed by atoms with Gasteiger partial charge in [-0.2, -0.15) is 5.10 Å². The molecule has 5 rings (SSSR count). The average molecular weight is 348 g/mol. The topological polar surface area (TPSA) is 77.6 Å². The quantitative estimate of drug-likeness (QED) is 0.743. The molecule has 7 nitrogen and oxygen atoms in total. The standard InChI is InChI=1S/C19H20N6O/c26-19(16-10-11-24(23-16)14-4-2-1-3-5-14)20-12-17-21-22-18(13-6-7-13)25(17)15-8-9-15/h1-5,10-11,13,15H,6-9,12H2,(H,20,26). The second-order valence-corrected chi connectivity index (χ2v) is 7.01. The number of rotatable bonds is 6. The maximum Gasteiger partial charge on any atom is 0.272 e. The molecule has 0 saturated heterocycles. The minimum Gasteiger partial charge on any atom is -0.343 e. The van der Waals surface area contributed by atoms with E-state index >= 15 is 0 Å². The van der Waals surface area contributed by atoms with Gasteiger partial charge in [-0.3, -0.25) is 4.79 Å². The highest BCUT2D eigenvalue weighted by atomic mass is 16.1. The van der Waals surface area contributed by atoms with Crippen molar-refractivity contribution in [2.45, 2.75) is 44.2 Å². The monoisotopic (exact) mass is 348 g/mol. The van der Waals surface area contributed by atoms with Gasteiger partial charge < -0.3 is 9.88 Å². The zero-order chi connectivity index (χ0) is 17.5. The molecule has 132 valence electrons. The molecular formula is C19H20N6O. The Morgan fingerprint density at radius 3 is 2.62 bits per heavy atom. The summed E-state index contributed by atoms with van der Waals surface area (Å²) in [5.74, 6) is 2.32. The highest BCUT2D eigenvalue weighted by molar-refractivity contribution is 5.92. The Kier molecular flexibility index (Phi) is 3.58. The van der Waals surface area contributed by atoms with Gasteiger partial charge in [-0.1, -0.05) is 18.2 Å². The lowest BCUT2D eigenvalue weighted by molar-refractivity contribution is 0.0944. The van der Waals surface area contributed by atoms with Gasteiger partial charge in [0.2, 0.25) is 0 Å². The molecule has 1 aromatic carbocycles. The average Bonchev–Trinajstić information content (AvgIpc) is 3.61. The minimum absolute atomic E-state index is 0.196. The molecule has 2 aliphatic rings. The van der Waals surface area contributed by atoms with Crippen LogP contribution in [-0.4, -0.2) is 30.5 Å². The molecule has 2 heterocycles. The predicted octanol–water partition coefficient (Wildman–Crippen LogP) is 2.61. The smallest absolute Gasteiger partial charge is 0.272 e. The molecule has 7 heteroatoms. The molecule has 0 bridgehead atoms. The van der Waals surface area contributed by atoms with Gasteiger partial charge in [0.1, 0.15) is 5.82 Å². The van der Waals surface area contributed by atoms with Crippen LogP contribution in [0.15, 0.2) is 42.6 Å². The van der Waals surface area contributed by atoms with Gasteiger partial charge in [0.25, 0.3) is 5.91 Å². The zero-order valence-electron chi connectivity index (χ0n) is 14.4. The summed E-state index contributed by atoms with van der Waals surface area (Å²) in [6.45, 7) is 0.382. The maximum absolute atomic E-state index is 12.5.